The lowest BCUT2D eigenvalue weighted by Crippen LogP contribution is -2.02. The third kappa shape index (κ3) is 1.91. The molecule has 2 rings (SSSR count). The van der Waals surface area contributed by atoms with E-state index >= 15 is 0 Å². The normalized spacial score (nSPS) is 10.1. The van der Waals surface area contributed by atoms with E-state index in [2.05, 4.69) is 5.18 Å². The summed E-state index contributed by atoms with van der Waals surface area (Å²) >= 11 is 0. The van der Waals surface area contributed by atoms with Gasteiger partial charge in [-0.05, 0) is 16.8 Å². The molecule has 0 aromatic heterocycles. The SMILES string of the molecule is O=NCC(=O)c1ccc2ccccc2c1. The Hall–Kier alpha value is -2.03. The van der Waals surface area contributed by atoms with Gasteiger partial charge in [0.15, 0.2) is 5.78 Å². The smallest absolute Gasteiger partial charge is 0.187 e. The van der Waals surface area contributed by atoms with Gasteiger partial charge < -0.3 is 0 Å². The van der Waals surface area contributed by atoms with Crippen molar-refractivity contribution in [2.24, 2.45) is 5.18 Å². The summed E-state index contributed by atoms with van der Waals surface area (Å²) in [5, 5.41) is 4.66. The van der Waals surface area contributed by atoms with E-state index in [1.807, 2.05) is 30.3 Å². The van der Waals surface area contributed by atoms with Crippen LogP contribution in [-0.4, -0.2) is 12.3 Å². The molecule has 3 heteroatoms. The lowest BCUT2D eigenvalue weighted by atomic mass is 10.0. The Morgan fingerprint density at radius 2 is 1.80 bits per heavy atom. The number of benzene rings is 2. The molecule has 0 fully saturated rings. The third-order valence-corrected chi connectivity index (χ3v) is 2.28. The van der Waals surface area contributed by atoms with E-state index in [1.165, 1.54) is 0 Å². The highest BCUT2D eigenvalue weighted by Gasteiger charge is 2.05. The van der Waals surface area contributed by atoms with Gasteiger partial charge in [-0.1, -0.05) is 41.6 Å². The van der Waals surface area contributed by atoms with Crippen LogP contribution in [0.15, 0.2) is 47.6 Å². The summed E-state index contributed by atoms with van der Waals surface area (Å²) in [6.45, 7) is -0.293. The molecule has 3 nitrogen and oxygen atoms in total. The molecule has 2 aromatic carbocycles. The number of nitrogens with zero attached hydrogens (tertiary/aromatic N) is 1. The van der Waals surface area contributed by atoms with Gasteiger partial charge in [-0.3, -0.25) is 4.79 Å². The maximum absolute atomic E-state index is 11.4. The minimum Gasteiger partial charge on any atom is -0.292 e. The van der Waals surface area contributed by atoms with Crippen molar-refractivity contribution in [1.82, 2.24) is 0 Å². The first-order valence-electron chi connectivity index (χ1n) is 4.62. The Labute approximate surface area is 86.7 Å². The van der Waals surface area contributed by atoms with E-state index in [0.29, 0.717) is 5.56 Å². The molecule has 0 amide bonds. The molecular weight excluding hydrogens is 190 g/mol. The van der Waals surface area contributed by atoms with E-state index in [1.54, 1.807) is 12.1 Å². The minimum atomic E-state index is -0.293. The van der Waals surface area contributed by atoms with Gasteiger partial charge in [0.05, 0.1) is 0 Å². The van der Waals surface area contributed by atoms with Crippen LogP contribution in [0.5, 0.6) is 0 Å². The molecule has 0 saturated carbocycles. The van der Waals surface area contributed by atoms with Crippen LogP contribution < -0.4 is 0 Å². The zero-order valence-corrected chi connectivity index (χ0v) is 8.01. The number of rotatable bonds is 3. The number of fused-ring (bicyclic) bond motifs is 1. The highest BCUT2D eigenvalue weighted by Crippen LogP contribution is 2.15. The van der Waals surface area contributed by atoms with Crippen LogP contribution >= 0.6 is 0 Å². The molecule has 74 valence electrons. The Morgan fingerprint density at radius 3 is 2.53 bits per heavy atom. The number of hydrogen-bond donors (Lipinski definition) is 0. The van der Waals surface area contributed by atoms with Crippen molar-refractivity contribution in [3.63, 3.8) is 0 Å². The molecule has 0 radical (unpaired) electrons. The van der Waals surface area contributed by atoms with E-state index in [-0.39, 0.29) is 12.3 Å². The number of Topliss-reactive ketones (excluding diaryl/α,β-unsaturated/α-hetero) is 1. The van der Waals surface area contributed by atoms with Crippen molar-refractivity contribution in [2.45, 2.75) is 0 Å². The minimum absolute atomic E-state index is 0.240. The molecule has 0 unspecified atom stereocenters. The molecule has 2 aromatic rings. The van der Waals surface area contributed by atoms with Crippen molar-refractivity contribution >= 4 is 16.6 Å². The van der Waals surface area contributed by atoms with Crippen LogP contribution in [0, 0.1) is 4.91 Å². The standard InChI is InChI=1S/C12H9NO2/c14-12(8-13-15)11-6-5-9-3-1-2-4-10(9)7-11/h1-7H,8H2. The zero-order chi connectivity index (χ0) is 10.7. The molecule has 0 atom stereocenters. The lowest BCUT2D eigenvalue weighted by molar-refractivity contribution is 0.100. The summed E-state index contributed by atoms with van der Waals surface area (Å²) in [6, 6.07) is 13.1. The van der Waals surface area contributed by atoms with Crippen molar-refractivity contribution in [2.75, 3.05) is 6.54 Å². The molecule has 15 heavy (non-hydrogen) atoms. The largest absolute Gasteiger partial charge is 0.292 e. The van der Waals surface area contributed by atoms with Gasteiger partial charge in [-0.15, -0.1) is 0 Å². The highest BCUT2D eigenvalue weighted by atomic mass is 16.3. The molecule has 0 bridgehead atoms. The first kappa shape index (κ1) is 9.52. The number of hydrogen-bond acceptors (Lipinski definition) is 3. The average Bonchev–Trinajstić information content (AvgIpc) is 2.29. The monoisotopic (exact) mass is 199 g/mol. The van der Waals surface area contributed by atoms with Crippen molar-refractivity contribution < 1.29 is 4.79 Å². The molecule has 0 saturated heterocycles. The summed E-state index contributed by atoms with van der Waals surface area (Å²) in [6.07, 6.45) is 0. The average molecular weight is 199 g/mol. The van der Waals surface area contributed by atoms with Gasteiger partial charge in [0.2, 0.25) is 0 Å². The lowest BCUT2D eigenvalue weighted by Gasteiger charge is -2.00. The Morgan fingerprint density at radius 1 is 1.07 bits per heavy atom. The number of nitroso groups, excluding NO2 is 1. The molecule has 0 aliphatic rings. The van der Waals surface area contributed by atoms with Crippen molar-refractivity contribution in [3.8, 4) is 0 Å². The Bertz CT molecular complexity index is 520. The quantitative estimate of drug-likeness (QED) is 0.563. The molecule has 0 spiro atoms. The second-order valence-electron chi connectivity index (χ2n) is 3.27. The zero-order valence-electron chi connectivity index (χ0n) is 8.01. The summed E-state index contributed by atoms with van der Waals surface area (Å²) in [4.78, 5) is 21.4. The summed E-state index contributed by atoms with van der Waals surface area (Å²) in [5.74, 6) is -0.240. The Kier molecular flexibility index (Phi) is 2.54. The third-order valence-electron chi connectivity index (χ3n) is 2.28. The van der Waals surface area contributed by atoms with E-state index in [9.17, 15) is 9.70 Å². The Balaban J connectivity index is 2.46. The van der Waals surface area contributed by atoms with Crippen LogP contribution in [0.4, 0.5) is 0 Å². The molecule has 0 heterocycles. The summed E-state index contributed by atoms with van der Waals surface area (Å²) in [7, 11) is 0. The number of carbonyl (C=O) groups excluding carboxylic acids is 1. The fraction of sp³-hybridized carbons (Fsp3) is 0.0833. The van der Waals surface area contributed by atoms with Crippen LogP contribution in [0.25, 0.3) is 10.8 Å². The molecule has 0 aliphatic carbocycles. The van der Waals surface area contributed by atoms with Crippen LogP contribution in [0.2, 0.25) is 0 Å². The van der Waals surface area contributed by atoms with Crippen LogP contribution in [0.3, 0.4) is 0 Å². The second-order valence-corrected chi connectivity index (χ2v) is 3.27. The van der Waals surface area contributed by atoms with Crippen molar-refractivity contribution in [1.29, 1.82) is 0 Å². The summed E-state index contributed by atoms with van der Waals surface area (Å²) < 4.78 is 0. The van der Waals surface area contributed by atoms with E-state index in [4.69, 9.17) is 0 Å². The van der Waals surface area contributed by atoms with Gasteiger partial charge >= 0.3 is 0 Å². The molecule has 0 aliphatic heterocycles. The predicted molar refractivity (Wildman–Crippen MR) is 58.9 cm³/mol. The molecular formula is C12H9NO2. The van der Waals surface area contributed by atoms with Gasteiger partial charge in [0, 0.05) is 5.56 Å². The van der Waals surface area contributed by atoms with Gasteiger partial charge in [-0.2, -0.15) is 4.91 Å². The fourth-order valence-electron chi connectivity index (χ4n) is 1.51. The van der Waals surface area contributed by atoms with E-state index in [0.717, 1.165) is 10.8 Å². The second kappa shape index (κ2) is 4.00. The van der Waals surface area contributed by atoms with E-state index < -0.39 is 0 Å². The first-order valence-corrected chi connectivity index (χ1v) is 4.62. The maximum Gasteiger partial charge on any atom is 0.187 e. The van der Waals surface area contributed by atoms with Gasteiger partial charge in [0.25, 0.3) is 0 Å². The molecule has 0 N–H and O–H groups in total. The summed E-state index contributed by atoms with van der Waals surface area (Å²) in [5.41, 5.74) is 0.535. The highest BCUT2D eigenvalue weighted by molar-refractivity contribution is 6.01. The van der Waals surface area contributed by atoms with Gasteiger partial charge in [0.1, 0.15) is 6.54 Å². The predicted octanol–water partition coefficient (Wildman–Crippen LogP) is 2.79. The van der Waals surface area contributed by atoms with Crippen LogP contribution in [-0.2, 0) is 0 Å². The number of carbonyl (C=O) groups is 1. The fourth-order valence-corrected chi connectivity index (χ4v) is 1.51. The topological polar surface area (TPSA) is 46.5 Å². The maximum atomic E-state index is 11.4. The van der Waals surface area contributed by atoms with Gasteiger partial charge in [-0.25, -0.2) is 0 Å². The number of ketones is 1. The van der Waals surface area contributed by atoms with Crippen molar-refractivity contribution in [3.05, 3.63) is 52.9 Å². The first-order chi connectivity index (χ1) is 7.31. The van der Waals surface area contributed by atoms with Crippen LogP contribution in [0.1, 0.15) is 10.4 Å².